The molecule has 2 aromatic carbocycles. The van der Waals surface area contributed by atoms with E-state index in [-0.39, 0.29) is 11.3 Å². The molecule has 2 rings (SSSR count). The first kappa shape index (κ1) is 14.1. The van der Waals surface area contributed by atoms with E-state index in [0.29, 0.717) is 6.61 Å². The van der Waals surface area contributed by atoms with Crippen molar-refractivity contribution >= 4 is 5.97 Å². The van der Waals surface area contributed by atoms with Crippen molar-refractivity contribution in [1.29, 1.82) is 0 Å². The molecule has 2 aromatic rings. The first-order valence-electron chi connectivity index (χ1n) is 6.26. The van der Waals surface area contributed by atoms with Gasteiger partial charge in [-0.25, -0.2) is 4.79 Å². The minimum atomic E-state index is -1.14. The van der Waals surface area contributed by atoms with E-state index in [1.54, 1.807) is 13.2 Å². The quantitative estimate of drug-likeness (QED) is 0.878. The van der Waals surface area contributed by atoms with Gasteiger partial charge in [0.2, 0.25) is 0 Å². The third-order valence-electron chi connectivity index (χ3n) is 3.11. The number of ether oxygens (including phenoxy) is 1. The number of aromatic carboxylic acids is 1. The van der Waals surface area contributed by atoms with Crippen LogP contribution in [0.25, 0.3) is 11.1 Å². The van der Waals surface area contributed by atoms with Crippen LogP contribution in [0, 0.1) is 0 Å². The molecular weight excluding hydrogens is 256 g/mol. The molecule has 0 unspecified atom stereocenters. The Hall–Kier alpha value is -2.33. The topological polar surface area (TPSA) is 66.8 Å². The Morgan fingerprint density at radius 2 is 1.75 bits per heavy atom. The van der Waals surface area contributed by atoms with Crippen molar-refractivity contribution in [2.75, 3.05) is 13.7 Å². The molecule has 0 radical (unpaired) electrons. The second kappa shape index (κ2) is 6.21. The molecule has 0 bridgehead atoms. The maximum absolute atomic E-state index is 11.0. The van der Waals surface area contributed by atoms with Gasteiger partial charge in [-0.1, -0.05) is 30.3 Å². The molecule has 4 nitrogen and oxygen atoms in total. The predicted molar refractivity (Wildman–Crippen MR) is 76.1 cm³/mol. The zero-order valence-corrected chi connectivity index (χ0v) is 11.2. The Bertz CT molecular complexity index is 602. The maximum atomic E-state index is 11.0. The Balaban J connectivity index is 2.27. The fourth-order valence-corrected chi connectivity index (χ4v) is 1.97. The van der Waals surface area contributed by atoms with Gasteiger partial charge in [0.1, 0.15) is 11.3 Å². The highest BCUT2D eigenvalue weighted by atomic mass is 16.5. The number of rotatable bonds is 5. The first-order valence-corrected chi connectivity index (χ1v) is 6.26. The minimum absolute atomic E-state index is 0.0917. The molecule has 0 amide bonds. The van der Waals surface area contributed by atoms with E-state index in [0.717, 1.165) is 23.1 Å². The van der Waals surface area contributed by atoms with Crippen molar-refractivity contribution in [3.63, 3.8) is 0 Å². The van der Waals surface area contributed by atoms with E-state index >= 15 is 0 Å². The fraction of sp³-hybridized carbons (Fsp3) is 0.188. The summed E-state index contributed by atoms with van der Waals surface area (Å²) in [4.78, 5) is 11.0. The van der Waals surface area contributed by atoms with Crippen LogP contribution in [0.5, 0.6) is 5.75 Å². The second-order valence-corrected chi connectivity index (χ2v) is 4.48. The molecule has 4 heteroatoms. The highest BCUT2D eigenvalue weighted by Crippen LogP contribution is 2.26. The lowest BCUT2D eigenvalue weighted by atomic mass is 10.0. The molecule has 0 aromatic heterocycles. The molecule has 20 heavy (non-hydrogen) atoms. The molecule has 104 valence electrons. The Kier molecular flexibility index (Phi) is 4.38. The molecule has 2 N–H and O–H groups in total. The molecule has 0 aliphatic carbocycles. The van der Waals surface area contributed by atoms with Gasteiger partial charge in [-0.15, -0.1) is 0 Å². The van der Waals surface area contributed by atoms with Gasteiger partial charge in [-0.3, -0.25) is 0 Å². The van der Waals surface area contributed by atoms with Crippen molar-refractivity contribution in [2.24, 2.45) is 0 Å². The van der Waals surface area contributed by atoms with Crippen LogP contribution < -0.4 is 0 Å². The van der Waals surface area contributed by atoms with Crippen LogP contribution >= 0.6 is 0 Å². The number of aromatic hydroxyl groups is 1. The average Bonchev–Trinajstić information content (AvgIpc) is 2.46. The monoisotopic (exact) mass is 272 g/mol. The lowest BCUT2D eigenvalue weighted by molar-refractivity contribution is 0.0694. The van der Waals surface area contributed by atoms with E-state index in [1.165, 1.54) is 12.1 Å². The summed E-state index contributed by atoms with van der Waals surface area (Å²) in [6.07, 6.45) is 0.840. The standard InChI is InChI=1S/C16H16O4/c1-20-9-8-11-2-4-12(5-3-11)13-6-7-15(17)14(10-13)16(18)19/h2-7,10,17H,8-9H2,1H3,(H,18,19). The summed E-state index contributed by atoms with van der Waals surface area (Å²) in [5.41, 5.74) is 2.74. The highest BCUT2D eigenvalue weighted by molar-refractivity contribution is 5.92. The van der Waals surface area contributed by atoms with Crippen molar-refractivity contribution in [3.05, 3.63) is 53.6 Å². The van der Waals surface area contributed by atoms with Gasteiger partial charge in [0.25, 0.3) is 0 Å². The van der Waals surface area contributed by atoms with Gasteiger partial charge in [0.05, 0.1) is 6.61 Å². The number of hydrogen-bond acceptors (Lipinski definition) is 3. The van der Waals surface area contributed by atoms with E-state index in [1.807, 2.05) is 24.3 Å². The number of carboxylic acid groups (broad SMARTS) is 1. The molecule has 0 atom stereocenters. The molecule has 0 aliphatic heterocycles. The summed E-state index contributed by atoms with van der Waals surface area (Å²) < 4.78 is 5.02. The van der Waals surface area contributed by atoms with Crippen LogP contribution in [0.15, 0.2) is 42.5 Å². The van der Waals surface area contributed by atoms with Gasteiger partial charge in [-0.2, -0.15) is 0 Å². The fourth-order valence-electron chi connectivity index (χ4n) is 1.97. The summed E-state index contributed by atoms with van der Waals surface area (Å²) in [7, 11) is 1.66. The number of hydrogen-bond donors (Lipinski definition) is 2. The van der Waals surface area contributed by atoms with Gasteiger partial charge >= 0.3 is 5.97 Å². The largest absolute Gasteiger partial charge is 0.507 e. The van der Waals surface area contributed by atoms with Gasteiger partial charge in [0, 0.05) is 7.11 Å². The van der Waals surface area contributed by atoms with Gasteiger partial charge in [-0.05, 0) is 35.2 Å². The molecule has 0 saturated heterocycles. The Morgan fingerprint density at radius 3 is 2.35 bits per heavy atom. The van der Waals surface area contributed by atoms with Gasteiger partial charge in [0.15, 0.2) is 0 Å². The average molecular weight is 272 g/mol. The van der Waals surface area contributed by atoms with Crippen LogP contribution in [0.2, 0.25) is 0 Å². The summed E-state index contributed by atoms with van der Waals surface area (Å²) >= 11 is 0. The summed E-state index contributed by atoms with van der Waals surface area (Å²) in [5.74, 6) is -1.36. The third kappa shape index (κ3) is 3.16. The highest BCUT2D eigenvalue weighted by Gasteiger charge is 2.10. The molecular formula is C16H16O4. The van der Waals surface area contributed by atoms with Crippen molar-refractivity contribution in [3.8, 4) is 16.9 Å². The molecule has 0 heterocycles. The lowest BCUT2D eigenvalue weighted by Gasteiger charge is -2.06. The number of carboxylic acids is 1. The maximum Gasteiger partial charge on any atom is 0.339 e. The van der Waals surface area contributed by atoms with Crippen molar-refractivity contribution in [1.82, 2.24) is 0 Å². The number of benzene rings is 2. The van der Waals surface area contributed by atoms with Crippen LogP contribution in [0.4, 0.5) is 0 Å². The number of phenols is 1. The van der Waals surface area contributed by atoms with Crippen LogP contribution in [-0.2, 0) is 11.2 Å². The van der Waals surface area contributed by atoms with Crippen molar-refractivity contribution < 1.29 is 19.7 Å². The summed E-state index contributed by atoms with van der Waals surface area (Å²) in [6.45, 7) is 0.668. The van der Waals surface area contributed by atoms with Crippen LogP contribution in [0.1, 0.15) is 15.9 Å². The zero-order valence-electron chi connectivity index (χ0n) is 11.2. The van der Waals surface area contributed by atoms with Crippen LogP contribution in [0.3, 0.4) is 0 Å². The summed E-state index contributed by atoms with van der Waals surface area (Å²) in [5, 5.41) is 18.5. The predicted octanol–water partition coefficient (Wildman–Crippen LogP) is 2.95. The normalized spacial score (nSPS) is 10.4. The van der Waals surface area contributed by atoms with E-state index in [9.17, 15) is 9.90 Å². The molecule has 0 spiro atoms. The first-order chi connectivity index (χ1) is 9.61. The Labute approximate surface area is 117 Å². The summed E-state index contributed by atoms with van der Waals surface area (Å²) in [6, 6.07) is 12.4. The zero-order chi connectivity index (χ0) is 14.5. The minimum Gasteiger partial charge on any atom is -0.507 e. The second-order valence-electron chi connectivity index (χ2n) is 4.48. The SMILES string of the molecule is COCCc1ccc(-c2ccc(O)c(C(=O)O)c2)cc1. The number of methoxy groups -OCH3 is 1. The van der Waals surface area contributed by atoms with E-state index in [4.69, 9.17) is 9.84 Å². The smallest absolute Gasteiger partial charge is 0.339 e. The Morgan fingerprint density at radius 1 is 1.10 bits per heavy atom. The third-order valence-corrected chi connectivity index (χ3v) is 3.11. The van der Waals surface area contributed by atoms with Gasteiger partial charge < -0.3 is 14.9 Å². The van der Waals surface area contributed by atoms with E-state index < -0.39 is 5.97 Å². The number of carbonyl (C=O) groups is 1. The molecule has 0 saturated carbocycles. The van der Waals surface area contributed by atoms with Crippen LogP contribution in [-0.4, -0.2) is 29.9 Å². The molecule has 0 fully saturated rings. The lowest BCUT2D eigenvalue weighted by Crippen LogP contribution is -1.97. The molecule has 0 aliphatic rings. The van der Waals surface area contributed by atoms with Crippen molar-refractivity contribution in [2.45, 2.75) is 6.42 Å². The van der Waals surface area contributed by atoms with E-state index in [2.05, 4.69) is 0 Å².